The van der Waals surface area contributed by atoms with Gasteiger partial charge < -0.3 is 35.2 Å². The van der Waals surface area contributed by atoms with Crippen molar-refractivity contribution in [3.05, 3.63) is 22.7 Å². The van der Waals surface area contributed by atoms with E-state index < -0.39 is 0 Å². The van der Waals surface area contributed by atoms with E-state index in [1.807, 2.05) is 16.8 Å². The number of nitrogens with zero attached hydrogens (tertiary/aromatic N) is 3. The number of amides is 3. The summed E-state index contributed by atoms with van der Waals surface area (Å²) in [6.07, 6.45) is 4.85. The van der Waals surface area contributed by atoms with E-state index in [0.29, 0.717) is 22.0 Å². The Labute approximate surface area is 207 Å². The molecule has 0 unspecified atom stereocenters. The number of nitrogens with two attached hydrogens (primary N) is 1. The normalized spacial score (nSPS) is 20.9. The maximum absolute atomic E-state index is 12.9. The fourth-order valence-electron chi connectivity index (χ4n) is 4.68. The maximum Gasteiger partial charge on any atom is 0.319 e. The Hall–Kier alpha value is -2.23. The topological polar surface area (TPSA) is 100 Å². The molecule has 2 aliphatic rings. The Kier molecular flexibility index (Phi) is 9.67. The molecule has 0 saturated carbocycles. The molecule has 0 aromatic heterocycles. The molecule has 1 aromatic carbocycles. The average molecular weight is 496 g/mol. The maximum atomic E-state index is 12.9. The predicted octanol–water partition coefficient (Wildman–Crippen LogP) is 2.68. The second kappa shape index (κ2) is 12.5. The van der Waals surface area contributed by atoms with Gasteiger partial charge in [-0.2, -0.15) is 0 Å². The molecule has 0 spiro atoms. The molecule has 2 atom stereocenters. The van der Waals surface area contributed by atoms with Crippen molar-refractivity contribution in [1.82, 2.24) is 20.0 Å². The number of methoxy groups -OCH3 is 2. The van der Waals surface area contributed by atoms with Gasteiger partial charge in [0.05, 0.1) is 35.5 Å². The van der Waals surface area contributed by atoms with E-state index in [0.717, 1.165) is 71.4 Å². The summed E-state index contributed by atoms with van der Waals surface area (Å²) in [6, 6.07) is 3.13. The van der Waals surface area contributed by atoms with Crippen molar-refractivity contribution in [3.63, 3.8) is 0 Å². The van der Waals surface area contributed by atoms with E-state index in [1.54, 1.807) is 13.2 Å². The molecule has 9 nitrogen and oxygen atoms in total. The lowest BCUT2D eigenvalue weighted by atomic mass is 10.0. The largest absolute Gasteiger partial charge is 0.496 e. The molecular weight excluding hydrogens is 458 g/mol. The zero-order valence-electron chi connectivity index (χ0n) is 20.5. The van der Waals surface area contributed by atoms with Gasteiger partial charge in [0.15, 0.2) is 0 Å². The van der Waals surface area contributed by atoms with Crippen LogP contribution in [0.15, 0.2) is 12.1 Å². The molecular formula is C24H38ClN5O4. The van der Waals surface area contributed by atoms with Gasteiger partial charge in [0.2, 0.25) is 0 Å². The number of hydrogen-bond donors (Lipinski definition) is 2. The van der Waals surface area contributed by atoms with Crippen LogP contribution in [0.3, 0.4) is 0 Å². The van der Waals surface area contributed by atoms with Gasteiger partial charge in [0, 0.05) is 52.9 Å². The van der Waals surface area contributed by atoms with Gasteiger partial charge in [0.1, 0.15) is 5.75 Å². The summed E-state index contributed by atoms with van der Waals surface area (Å²) in [5.41, 5.74) is 6.55. The summed E-state index contributed by atoms with van der Waals surface area (Å²) in [5.74, 6) is 0.129. The summed E-state index contributed by atoms with van der Waals surface area (Å²) >= 11 is 6.12. The predicted molar refractivity (Wildman–Crippen MR) is 134 cm³/mol. The molecule has 10 heteroatoms. The zero-order chi connectivity index (χ0) is 24.7. The third-order valence-corrected chi connectivity index (χ3v) is 7.07. The van der Waals surface area contributed by atoms with Crippen molar-refractivity contribution in [3.8, 4) is 5.75 Å². The van der Waals surface area contributed by atoms with Gasteiger partial charge in [-0.1, -0.05) is 11.6 Å². The van der Waals surface area contributed by atoms with Gasteiger partial charge in [-0.05, 0) is 44.7 Å². The lowest BCUT2D eigenvalue weighted by Crippen LogP contribution is -2.55. The lowest BCUT2D eigenvalue weighted by Gasteiger charge is -2.38. The van der Waals surface area contributed by atoms with Crippen LogP contribution in [-0.2, 0) is 4.74 Å². The Morgan fingerprint density at radius 2 is 1.94 bits per heavy atom. The summed E-state index contributed by atoms with van der Waals surface area (Å²) in [4.78, 5) is 31.5. The highest BCUT2D eigenvalue weighted by molar-refractivity contribution is 6.33. The number of nitrogens with one attached hydrogen (secondary N) is 1. The number of hydrogen-bond acceptors (Lipinski definition) is 6. The van der Waals surface area contributed by atoms with Crippen molar-refractivity contribution >= 4 is 29.2 Å². The minimum atomic E-state index is -0.259. The van der Waals surface area contributed by atoms with Crippen LogP contribution < -0.4 is 15.8 Å². The SMILES string of the molecule is COc1cc(N)c(Cl)cc1C(=O)N[C@H]1CCN(CCCCN(C)C(=O)N2CCCC2)C[C@H]1OC. The van der Waals surface area contributed by atoms with Gasteiger partial charge in [-0.15, -0.1) is 0 Å². The molecule has 0 radical (unpaired) electrons. The monoisotopic (exact) mass is 495 g/mol. The molecule has 3 rings (SSSR count). The second-order valence-corrected chi connectivity index (χ2v) is 9.53. The van der Waals surface area contributed by atoms with Gasteiger partial charge >= 0.3 is 6.03 Å². The zero-order valence-corrected chi connectivity index (χ0v) is 21.3. The summed E-state index contributed by atoms with van der Waals surface area (Å²) in [6.45, 7) is 5.07. The third-order valence-electron chi connectivity index (χ3n) is 6.75. The van der Waals surface area contributed by atoms with E-state index in [4.69, 9.17) is 26.8 Å². The van der Waals surface area contributed by atoms with E-state index in [-0.39, 0.29) is 24.1 Å². The van der Waals surface area contributed by atoms with Crippen LogP contribution in [-0.4, -0.2) is 99.3 Å². The minimum absolute atomic E-state index is 0.112. The van der Waals surface area contributed by atoms with Crippen LogP contribution in [0.5, 0.6) is 5.75 Å². The number of carbonyl (C=O) groups is 2. The average Bonchev–Trinajstić information content (AvgIpc) is 3.38. The number of ether oxygens (including phenoxy) is 2. The van der Waals surface area contributed by atoms with Crippen molar-refractivity contribution in [2.45, 2.75) is 44.2 Å². The van der Waals surface area contributed by atoms with Gasteiger partial charge in [0.25, 0.3) is 5.91 Å². The molecule has 190 valence electrons. The summed E-state index contributed by atoms with van der Waals surface area (Å²) < 4.78 is 11.0. The first-order valence-corrected chi connectivity index (χ1v) is 12.4. The molecule has 2 saturated heterocycles. The number of urea groups is 1. The van der Waals surface area contributed by atoms with Crippen LogP contribution in [0.25, 0.3) is 0 Å². The molecule has 0 aliphatic carbocycles. The number of nitrogen functional groups attached to an aromatic ring is 1. The Morgan fingerprint density at radius 1 is 1.21 bits per heavy atom. The molecule has 2 fully saturated rings. The van der Waals surface area contributed by atoms with E-state index in [9.17, 15) is 9.59 Å². The summed E-state index contributed by atoms with van der Waals surface area (Å²) in [7, 11) is 5.06. The molecule has 0 bridgehead atoms. The highest BCUT2D eigenvalue weighted by Crippen LogP contribution is 2.29. The molecule has 2 aliphatic heterocycles. The van der Waals surface area contributed by atoms with Gasteiger partial charge in [-0.25, -0.2) is 4.79 Å². The first kappa shape index (κ1) is 26.4. The number of unbranched alkanes of at least 4 members (excludes halogenated alkanes) is 1. The van der Waals surface area contributed by atoms with Crippen LogP contribution in [0.2, 0.25) is 5.02 Å². The first-order valence-electron chi connectivity index (χ1n) is 12.0. The standard InChI is InChI=1S/C24H38ClN5O4/c1-28(24(32)30-11-6-7-12-30)9-4-5-10-29-13-8-20(22(16-29)34-3)27-23(31)17-14-18(25)19(26)15-21(17)33-2/h14-15,20,22H,4-13,16,26H2,1-3H3,(H,27,31)/t20-,22+/m0/s1. The molecule has 34 heavy (non-hydrogen) atoms. The lowest BCUT2D eigenvalue weighted by molar-refractivity contribution is 0.00590. The van der Waals surface area contributed by atoms with E-state index in [1.165, 1.54) is 13.2 Å². The third kappa shape index (κ3) is 6.67. The molecule has 3 amide bonds. The van der Waals surface area contributed by atoms with Crippen LogP contribution in [0.4, 0.5) is 10.5 Å². The Morgan fingerprint density at radius 3 is 2.62 bits per heavy atom. The quantitative estimate of drug-likeness (QED) is 0.403. The highest BCUT2D eigenvalue weighted by atomic mass is 35.5. The fraction of sp³-hybridized carbons (Fsp3) is 0.667. The first-order chi connectivity index (χ1) is 16.3. The van der Waals surface area contributed by atoms with E-state index in [2.05, 4.69) is 10.2 Å². The number of likely N-dealkylation sites (tertiary alicyclic amines) is 2. The Bertz CT molecular complexity index is 849. The minimum Gasteiger partial charge on any atom is -0.496 e. The van der Waals surface area contributed by atoms with Crippen LogP contribution in [0, 0.1) is 0 Å². The molecule has 1 aromatic rings. The Balaban J connectivity index is 1.44. The fourth-order valence-corrected chi connectivity index (χ4v) is 4.84. The van der Waals surface area contributed by atoms with Gasteiger partial charge in [-0.3, -0.25) is 4.79 Å². The molecule has 3 N–H and O–H groups in total. The number of halogens is 1. The number of carbonyl (C=O) groups excluding carboxylic acids is 2. The van der Waals surface area contributed by atoms with Crippen molar-refractivity contribution in [1.29, 1.82) is 0 Å². The van der Waals surface area contributed by atoms with Crippen LogP contribution in [0.1, 0.15) is 42.5 Å². The van der Waals surface area contributed by atoms with E-state index >= 15 is 0 Å². The highest BCUT2D eigenvalue weighted by Gasteiger charge is 2.31. The van der Waals surface area contributed by atoms with Crippen molar-refractivity contribution in [2.24, 2.45) is 0 Å². The number of benzene rings is 1. The molecule has 2 heterocycles. The number of rotatable bonds is 9. The summed E-state index contributed by atoms with van der Waals surface area (Å²) in [5, 5.41) is 3.40. The number of piperidine rings is 1. The van der Waals surface area contributed by atoms with Crippen LogP contribution >= 0.6 is 11.6 Å². The number of anilines is 1. The van der Waals surface area contributed by atoms with Crippen molar-refractivity contribution < 1.29 is 19.1 Å². The van der Waals surface area contributed by atoms with Crippen molar-refractivity contribution in [2.75, 3.05) is 66.3 Å². The smallest absolute Gasteiger partial charge is 0.319 e. The second-order valence-electron chi connectivity index (χ2n) is 9.12.